The molecule has 3 N–H and O–H groups in total. The second-order valence-corrected chi connectivity index (χ2v) is 13.5. The third-order valence-corrected chi connectivity index (χ3v) is 8.24. The molecule has 0 bridgehead atoms. The number of amides is 2. The van der Waals surface area contributed by atoms with Gasteiger partial charge in [-0.1, -0.05) is 102 Å². The molecule has 4 atom stereocenters. The van der Waals surface area contributed by atoms with Gasteiger partial charge in [-0.3, -0.25) is 24.8 Å². The first-order chi connectivity index (χ1) is 26.7. The van der Waals surface area contributed by atoms with Crippen molar-refractivity contribution in [3.63, 3.8) is 0 Å². The summed E-state index contributed by atoms with van der Waals surface area (Å²) >= 11 is 0. The minimum Gasteiger partial charge on any atom is -0.391 e. The second-order valence-electron chi connectivity index (χ2n) is 13.5. The number of hydrazine groups is 1. The third-order valence-electron chi connectivity index (χ3n) is 8.24. The van der Waals surface area contributed by atoms with Crippen molar-refractivity contribution in [2.75, 3.05) is 6.54 Å². The number of ketones is 2. The van der Waals surface area contributed by atoms with Gasteiger partial charge in [-0.15, -0.1) is 0 Å². The van der Waals surface area contributed by atoms with Gasteiger partial charge in [-0.2, -0.15) is 0 Å². The van der Waals surface area contributed by atoms with Crippen molar-refractivity contribution >= 4 is 23.4 Å². The van der Waals surface area contributed by atoms with Crippen LogP contribution >= 0.6 is 0 Å². The van der Waals surface area contributed by atoms with E-state index in [4.69, 9.17) is 12.3 Å². The molecule has 264 valence electrons. The average molecular weight is 680 g/mol. The Hall–Kier alpha value is -4.21. The molecule has 0 saturated carbocycles. The van der Waals surface area contributed by atoms with Gasteiger partial charge < -0.3 is 15.2 Å². The summed E-state index contributed by atoms with van der Waals surface area (Å²) in [4.78, 5) is 57.4. The summed E-state index contributed by atoms with van der Waals surface area (Å²) in [7, 11) is 0. The molecule has 0 aliphatic carbocycles. The summed E-state index contributed by atoms with van der Waals surface area (Å²) < 4.78 is 73.4. The van der Waals surface area contributed by atoms with E-state index in [1.165, 1.54) is 25.8 Å². The Morgan fingerprint density at radius 2 is 1.51 bits per heavy atom. The topological polar surface area (TPSA) is 129 Å². The maximum Gasteiger partial charge on any atom is 0.238 e. The number of hydrogen-bond acceptors (Lipinski definition) is 7. The molecule has 2 amide bonds. The largest absolute Gasteiger partial charge is 0.391 e. The highest BCUT2D eigenvalue weighted by Crippen LogP contribution is 2.30. The fourth-order valence-electron chi connectivity index (χ4n) is 5.64. The van der Waals surface area contributed by atoms with E-state index >= 15 is 0 Å². The number of nitrogens with one attached hydrogen (secondary N) is 2. The zero-order valence-corrected chi connectivity index (χ0v) is 28.8. The normalized spacial score (nSPS) is 17.9. The predicted molar refractivity (Wildman–Crippen MR) is 193 cm³/mol. The van der Waals surface area contributed by atoms with Crippen molar-refractivity contribution in [2.24, 2.45) is 22.7 Å². The number of aliphatic hydroxyl groups is 1. The van der Waals surface area contributed by atoms with Crippen LogP contribution < -0.4 is 10.7 Å². The Labute approximate surface area is 304 Å². The molecule has 0 spiro atoms. The van der Waals surface area contributed by atoms with Crippen LogP contribution in [0.1, 0.15) is 91.5 Å². The van der Waals surface area contributed by atoms with Crippen LogP contribution in [0, 0.1) is 22.7 Å². The third kappa shape index (κ3) is 12.6. The number of aliphatic hydroxyl groups excluding tert-OH is 1. The van der Waals surface area contributed by atoms with E-state index in [-0.39, 0.29) is 25.9 Å². The van der Waals surface area contributed by atoms with Crippen LogP contribution in [0.3, 0.4) is 0 Å². The molecule has 0 unspecified atom stereocenters. The molecule has 0 saturated heterocycles. The second kappa shape index (κ2) is 17.4. The lowest BCUT2D eigenvalue weighted by atomic mass is 9.77. The minimum absolute atomic E-state index is 0.0387. The average Bonchev–Trinajstić information content (AvgIpc) is 3.11. The number of carbonyl (C=O) groups is 4. The van der Waals surface area contributed by atoms with Crippen LogP contribution in [0.2, 0.25) is 0 Å². The van der Waals surface area contributed by atoms with Gasteiger partial charge in [0, 0.05) is 57.0 Å². The van der Waals surface area contributed by atoms with E-state index < -0.39 is 85.2 Å². The van der Waals surface area contributed by atoms with Gasteiger partial charge in [0.1, 0.15) is 5.78 Å². The van der Waals surface area contributed by atoms with Crippen molar-refractivity contribution in [3.05, 3.63) is 90.1 Å². The zero-order valence-electron chi connectivity index (χ0n) is 37.8. The lowest BCUT2D eigenvalue weighted by Crippen LogP contribution is -2.52. The molecular weight excluding hydrogens is 616 g/mol. The van der Waals surface area contributed by atoms with Crippen molar-refractivity contribution in [2.45, 2.75) is 93.1 Å². The van der Waals surface area contributed by atoms with Crippen LogP contribution in [0.5, 0.6) is 0 Å². The van der Waals surface area contributed by atoms with Crippen molar-refractivity contribution in [1.82, 2.24) is 20.7 Å². The van der Waals surface area contributed by atoms with Gasteiger partial charge in [0.05, 0.1) is 23.8 Å². The van der Waals surface area contributed by atoms with Crippen LogP contribution in [0.4, 0.5) is 0 Å². The molecular formula is C40H54N4O5. The van der Waals surface area contributed by atoms with Crippen molar-refractivity contribution < 1.29 is 36.6 Å². The summed E-state index contributed by atoms with van der Waals surface area (Å²) in [5.74, 6) is -5.32. The summed E-state index contributed by atoms with van der Waals surface area (Å²) in [6, 6.07) is 19.4. The number of rotatable bonds is 16. The van der Waals surface area contributed by atoms with Gasteiger partial charge >= 0.3 is 0 Å². The molecule has 0 aliphatic rings. The van der Waals surface area contributed by atoms with E-state index in [2.05, 4.69) is 15.7 Å². The van der Waals surface area contributed by atoms with Crippen LogP contribution in [-0.2, 0) is 32.1 Å². The molecule has 3 aromatic rings. The molecule has 0 fully saturated rings. The molecule has 9 nitrogen and oxygen atoms in total. The van der Waals surface area contributed by atoms with E-state index in [9.17, 15) is 24.3 Å². The van der Waals surface area contributed by atoms with Crippen LogP contribution in [-0.4, -0.2) is 57.2 Å². The van der Waals surface area contributed by atoms with Gasteiger partial charge in [-0.25, -0.2) is 5.01 Å². The van der Waals surface area contributed by atoms with Gasteiger partial charge in [0.2, 0.25) is 11.8 Å². The van der Waals surface area contributed by atoms with Crippen LogP contribution in [0.25, 0.3) is 11.3 Å². The minimum atomic E-state index is -3.24. The van der Waals surface area contributed by atoms with Gasteiger partial charge in [-0.05, 0) is 53.4 Å². The number of benzene rings is 2. The fourth-order valence-corrected chi connectivity index (χ4v) is 5.64. The lowest BCUT2D eigenvalue weighted by molar-refractivity contribution is -0.138. The SMILES string of the molecule is [2H]C([2H])([2H])C(C)(C)[C@H](CC(C)=O)C(=O)NN(Cc1ccc(-c2ccccn2)cc1)C[C@H](O)[C@@H](CC(=O)[C@@H](NC(C)=O)C(C)(C([2H])([2H])[2H])C([2H])([2H])[2H])Cc1ccccc1. The first-order valence-corrected chi connectivity index (χ1v) is 16.3. The van der Waals surface area contributed by atoms with E-state index in [0.717, 1.165) is 19.4 Å². The Bertz CT molecular complexity index is 1840. The summed E-state index contributed by atoms with van der Waals surface area (Å²) in [5, 5.41) is 15.7. The van der Waals surface area contributed by atoms with E-state index in [0.29, 0.717) is 16.8 Å². The predicted octanol–water partition coefficient (Wildman–Crippen LogP) is 5.95. The maximum atomic E-state index is 14.2. The molecule has 0 aliphatic heterocycles. The molecule has 3 rings (SSSR count). The highest BCUT2D eigenvalue weighted by molar-refractivity contribution is 5.89. The summed E-state index contributed by atoms with van der Waals surface area (Å²) in [5.41, 5.74) is 1.21. The molecule has 0 radical (unpaired) electrons. The van der Waals surface area contributed by atoms with Gasteiger partial charge in [0.25, 0.3) is 0 Å². The first-order valence-electron chi connectivity index (χ1n) is 20.8. The highest BCUT2D eigenvalue weighted by atomic mass is 16.3. The molecule has 1 heterocycles. The number of Topliss-reactive ketones (excluding diaryl/α,β-unsaturated/α-hetero) is 2. The Kier molecular flexibility index (Phi) is 9.83. The number of nitrogens with zero attached hydrogens (tertiary/aromatic N) is 2. The first kappa shape index (κ1) is 27.6. The van der Waals surface area contributed by atoms with E-state index in [1.54, 1.807) is 54.7 Å². The van der Waals surface area contributed by atoms with E-state index in [1.807, 2.05) is 24.3 Å². The lowest BCUT2D eigenvalue weighted by Gasteiger charge is -2.35. The number of aromatic nitrogens is 1. The number of pyridine rings is 1. The standard InChI is InChI=1S/C40H54N4O5/c1-27(45)22-33(39(3,4)5)38(49)43-44(25-30-17-19-31(20-18-30)34-16-12-13-21-41-34)26-36(48)32(23-29-14-10-9-11-15-29)24-35(47)37(40(6,7)8)42-28(2)46/h9-21,32-33,36-37,48H,22-26H2,1-8H3,(H,42,46)(H,43,49)/t32-,33-,36+,37-/m1/s1/i3D3,6D3,7D3. The summed E-state index contributed by atoms with van der Waals surface area (Å²) in [6.07, 6.45) is -0.736. The quantitative estimate of drug-likeness (QED) is 0.160. The zero-order chi connectivity index (χ0) is 43.9. The summed E-state index contributed by atoms with van der Waals surface area (Å²) in [6.45, 7) is -3.56. The molecule has 49 heavy (non-hydrogen) atoms. The number of hydrogen-bond donors (Lipinski definition) is 3. The Balaban J connectivity index is 2.09. The van der Waals surface area contributed by atoms with Crippen molar-refractivity contribution in [1.29, 1.82) is 0 Å². The Morgan fingerprint density at radius 1 is 0.857 bits per heavy atom. The highest BCUT2D eigenvalue weighted by Gasteiger charge is 2.36. The monoisotopic (exact) mass is 679 g/mol. The molecule has 9 heteroatoms. The number of carbonyl (C=O) groups excluding carboxylic acids is 4. The van der Waals surface area contributed by atoms with Crippen LogP contribution in [0.15, 0.2) is 79.0 Å². The maximum absolute atomic E-state index is 14.2. The van der Waals surface area contributed by atoms with Gasteiger partial charge in [0.15, 0.2) is 5.78 Å². The Morgan fingerprint density at radius 3 is 2.08 bits per heavy atom. The molecule has 1 aromatic heterocycles. The van der Waals surface area contributed by atoms with Crippen molar-refractivity contribution in [3.8, 4) is 11.3 Å². The smallest absolute Gasteiger partial charge is 0.238 e. The molecule has 2 aromatic carbocycles. The fraction of sp³-hybridized carbons (Fsp3) is 0.475.